The van der Waals surface area contributed by atoms with Gasteiger partial charge < -0.3 is 10.0 Å². The Kier molecular flexibility index (Phi) is 4.44. The second-order valence-electron chi connectivity index (χ2n) is 5.39. The van der Waals surface area contributed by atoms with Crippen molar-refractivity contribution >= 4 is 16.9 Å². The zero-order valence-corrected chi connectivity index (χ0v) is 12.2. The van der Waals surface area contributed by atoms with Crippen LogP contribution < -0.4 is 4.90 Å². The van der Waals surface area contributed by atoms with Gasteiger partial charge in [-0.25, -0.2) is 13.8 Å². The van der Waals surface area contributed by atoms with Crippen LogP contribution in [-0.2, 0) is 0 Å². The van der Waals surface area contributed by atoms with Gasteiger partial charge in [-0.05, 0) is 6.42 Å². The highest BCUT2D eigenvalue weighted by atomic mass is 19.2. The molecule has 0 radical (unpaired) electrons. The molecule has 0 spiro atoms. The lowest BCUT2D eigenvalue weighted by Crippen LogP contribution is -2.47. The Morgan fingerprint density at radius 3 is 2.41 bits per heavy atom. The summed E-state index contributed by atoms with van der Waals surface area (Å²) in [5.41, 5.74) is 0.711. The monoisotopic (exact) mass is 308 g/mol. The minimum absolute atomic E-state index is 0.207. The van der Waals surface area contributed by atoms with Crippen LogP contribution in [0.5, 0.6) is 0 Å². The van der Waals surface area contributed by atoms with Crippen molar-refractivity contribution in [2.75, 3.05) is 44.2 Å². The van der Waals surface area contributed by atoms with Crippen LogP contribution in [0.1, 0.15) is 6.42 Å². The highest BCUT2D eigenvalue weighted by Gasteiger charge is 2.18. The molecule has 0 amide bonds. The van der Waals surface area contributed by atoms with Crippen LogP contribution >= 0.6 is 0 Å². The third-order valence-corrected chi connectivity index (χ3v) is 3.90. The van der Waals surface area contributed by atoms with Gasteiger partial charge in [-0.1, -0.05) is 0 Å². The topological polar surface area (TPSA) is 52.5 Å². The molecule has 0 saturated carbocycles. The summed E-state index contributed by atoms with van der Waals surface area (Å²) in [6.45, 7) is 4.47. The zero-order chi connectivity index (χ0) is 15.5. The van der Waals surface area contributed by atoms with Crippen molar-refractivity contribution in [1.82, 2.24) is 14.9 Å². The molecule has 0 bridgehead atoms. The van der Waals surface area contributed by atoms with Crippen LogP contribution in [0, 0.1) is 11.6 Å². The molecule has 2 heterocycles. The molecule has 118 valence electrons. The van der Waals surface area contributed by atoms with Crippen molar-refractivity contribution in [2.24, 2.45) is 0 Å². The maximum Gasteiger partial charge on any atom is 0.161 e. The van der Waals surface area contributed by atoms with Gasteiger partial charge in [0.15, 0.2) is 11.6 Å². The van der Waals surface area contributed by atoms with E-state index in [1.807, 2.05) is 0 Å². The standard InChI is InChI=1S/C15H18F2N4O/c16-11-8-13-14(9-12(11)17)19-15(10-18-13)21-5-3-20(4-6-21)2-1-7-22/h8-10,22H,1-7H2. The van der Waals surface area contributed by atoms with E-state index in [2.05, 4.69) is 19.8 Å². The van der Waals surface area contributed by atoms with E-state index in [0.29, 0.717) is 16.9 Å². The third-order valence-electron chi connectivity index (χ3n) is 3.90. The van der Waals surface area contributed by atoms with Crippen LogP contribution in [-0.4, -0.2) is 59.3 Å². The van der Waals surface area contributed by atoms with E-state index in [1.165, 1.54) is 0 Å². The first-order valence-electron chi connectivity index (χ1n) is 7.37. The maximum atomic E-state index is 13.3. The van der Waals surface area contributed by atoms with Gasteiger partial charge in [0.1, 0.15) is 5.82 Å². The van der Waals surface area contributed by atoms with E-state index in [4.69, 9.17) is 5.11 Å². The number of rotatable bonds is 4. The van der Waals surface area contributed by atoms with Crippen LogP contribution in [0.25, 0.3) is 11.0 Å². The molecular weight excluding hydrogens is 290 g/mol. The van der Waals surface area contributed by atoms with Crippen molar-refractivity contribution in [3.8, 4) is 0 Å². The average Bonchev–Trinajstić information content (AvgIpc) is 2.54. The number of hydrogen-bond acceptors (Lipinski definition) is 5. The lowest BCUT2D eigenvalue weighted by molar-refractivity contribution is 0.215. The summed E-state index contributed by atoms with van der Waals surface area (Å²) >= 11 is 0. The lowest BCUT2D eigenvalue weighted by Gasteiger charge is -2.35. The Labute approximate surface area is 127 Å². The van der Waals surface area contributed by atoms with Gasteiger partial charge in [-0.2, -0.15) is 0 Å². The Hall–Kier alpha value is -1.86. The van der Waals surface area contributed by atoms with E-state index >= 15 is 0 Å². The number of hydrogen-bond donors (Lipinski definition) is 1. The largest absolute Gasteiger partial charge is 0.396 e. The summed E-state index contributed by atoms with van der Waals surface area (Å²) in [5.74, 6) is -1.14. The van der Waals surface area contributed by atoms with Gasteiger partial charge in [0, 0.05) is 51.5 Å². The fourth-order valence-corrected chi connectivity index (χ4v) is 2.65. The Morgan fingerprint density at radius 2 is 1.73 bits per heavy atom. The summed E-state index contributed by atoms with van der Waals surface area (Å²) in [6, 6.07) is 2.15. The first-order valence-corrected chi connectivity index (χ1v) is 7.37. The van der Waals surface area contributed by atoms with Crippen LogP contribution in [0.3, 0.4) is 0 Å². The highest BCUT2D eigenvalue weighted by molar-refractivity contribution is 5.75. The molecule has 22 heavy (non-hydrogen) atoms. The van der Waals surface area contributed by atoms with E-state index in [-0.39, 0.29) is 6.61 Å². The quantitative estimate of drug-likeness (QED) is 0.925. The summed E-state index contributed by atoms with van der Waals surface area (Å²) < 4.78 is 26.5. The van der Waals surface area contributed by atoms with Crippen molar-refractivity contribution in [3.63, 3.8) is 0 Å². The smallest absolute Gasteiger partial charge is 0.161 e. The second kappa shape index (κ2) is 6.50. The normalized spacial score (nSPS) is 16.4. The summed E-state index contributed by atoms with van der Waals surface area (Å²) in [4.78, 5) is 12.9. The number of nitrogens with zero attached hydrogens (tertiary/aromatic N) is 4. The maximum absolute atomic E-state index is 13.3. The highest BCUT2D eigenvalue weighted by Crippen LogP contribution is 2.19. The molecule has 2 aromatic rings. The van der Waals surface area contributed by atoms with E-state index in [9.17, 15) is 8.78 Å². The second-order valence-corrected chi connectivity index (χ2v) is 5.39. The van der Waals surface area contributed by atoms with Crippen molar-refractivity contribution in [1.29, 1.82) is 0 Å². The molecular formula is C15H18F2N4O. The van der Waals surface area contributed by atoms with E-state index < -0.39 is 11.6 Å². The molecule has 1 N–H and O–H groups in total. The van der Waals surface area contributed by atoms with Gasteiger partial charge in [0.05, 0.1) is 17.2 Å². The minimum Gasteiger partial charge on any atom is -0.396 e. The number of anilines is 1. The predicted molar refractivity (Wildman–Crippen MR) is 79.8 cm³/mol. The van der Waals surface area contributed by atoms with Gasteiger partial charge in [0.25, 0.3) is 0 Å². The van der Waals surface area contributed by atoms with E-state index in [0.717, 1.165) is 51.3 Å². The molecule has 1 aliphatic rings. The lowest BCUT2D eigenvalue weighted by atomic mass is 10.2. The zero-order valence-electron chi connectivity index (χ0n) is 12.2. The van der Waals surface area contributed by atoms with Crippen LogP contribution in [0.15, 0.2) is 18.3 Å². The number of aliphatic hydroxyl groups excluding tert-OH is 1. The van der Waals surface area contributed by atoms with Crippen LogP contribution in [0.4, 0.5) is 14.6 Å². The summed E-state index contributed by atoms with van der Waals surface area (Å²) in [6.07, 6.45) is 2.38. The number of piperazine rings is 1. The molecule has 1 saturated heterocycles. The number of benzene rings is 1. The molecule has 0 unspecified atom stereocenters. The third kappa shape index (κ3) is 3.15. The average molecular weight is 308 g/mol. The number of aromatic nitrogens is 2. The Balaban J connectivity index is 1.73. The van der Waals surface area contributed by atoms with E-state index in [1.54, 1.807) is 6.20 Å². The molecule has 0 aliphatic carbocycles. The Bertz CT molecular complexity index is 659. The van der Waals surface area contributed by atoms with Gasteiger partial charge >= 0.3 is 0 Å². The number of fused-ring (bicyclic) bond motifs is 1. The van der Waals surface area contributed by atoms with Crippen LogP contribution in [0.2, 0.25) is 0 Å². The molecule has 7 heteroatoms. The molecule has 0 atom stereocenters. The molecule has 1 aromatic heterocycles. The number of halogens is 2. The number of aliphatic hydroxyl groups is 1. The first kappa shape index (κ1) is 15.1. The Morgan fingerprint density at radius 1 is 1.05 bits per heavy atom. The molecule has 1 aliphatic heterocycles. The molecule has 5 nitrogen and oxygen atoms in total. The minimum atomic E-state index is -0.910. The van der Waals surface area contributed by atoms with Crippen molar-refractivity contribution in [3.05, 3.63) is 30.0 Å². The fourth-order valence-electron chi connectivity index (χ4n) is 2.65. The molecule has 1 fully saturated rings. The summed E-state index contributed by atoms with van der Waals surface area (Å²) in [7, 11) is 0. The van der Waals surface area contributed by atoms with Gasteiger partial charge in [-0.15, -0.1) is 0 Å². The SMILES string of the molecule is OCCCN1CCN(c2cnc3cc(F)c(F)cc3n2)CC1. The van der Waals surface area contributed by atoms with Crippen molar-refractivity contribution < 1.29 is 13.9 Å². The van der Waals surface area contributed by atoms with Gasteiger partial charge in [0.2, 0.25) is 0 Å². The molecule has 3 rings (SSSR count). The predicted octanol–water partition coefficient (Wildman–Crippen LogP) is 1.41. The molecule has 1 aromatic carbocycles. The fraction of sp³-hybridized carbons (Fsp3) is 0.467. The first-order chi connectivity index (χ1) is 10.7. The van der Waals surface area contributed by atoms with Crippen molar-refractivity contribution in [2.45, 2.75) is 6.42 Å². The van der Waals surface area contributed by atoms with Gasteiger partial charge in [-0.3, -0.25) is 9.88 Å². The summed E-state index contributed by atoms with van der Waals surface area (Å²) in [5, 5.41) is 8.86.